The molecule has 2 saturated heterocycles. The predicted molar refractivity (Wildman–Crippen MR) is 34.4 cm³/mol. The van der Waals surface area contributed by atoms with Crippen LogP contribution in [0.25, 0.3) is 0 Å². The van der Waals surface area contributed by atoms with Crippen molar-refractivity contribution < 1.29 is 14.6 Å². The van der Waals surface area contributed by atoms with Crippen molar-refractivity contribution in [2.24, 2.45) is 0 Å². The quantitative estimate of drug-likeness (QED) is 0.537. The van der Waals surface area contributed by atoms with Crippen molar-refractivity contribution in [1.82, 2.24) is 0 Å². The molecule has 4 unspecified atom stereocenters. The minimum absolute atomic E-state index is 0.00347. The van der Waals surface area contributed by atoms with Crippen molar-refractivity contribution in [3.8, 4) is 0 Å². The average molecular weight is 144 g/mol. The molecule has 0 radical (unpaired) electrons. The Morgan fingerprint density at radius 2 is 2.30 bits per heavy atom. The molecule has 0 saturated carbocycles. The fourth-order valence-electron chi connectivity index (χ4n) is 1.43. The summed E-state index contributed by atoms with van der Waals surface area (Å²) in [4.78, 5) is 0. The van der Waals surface area contributed by atoms with Gasteiger partial charge in [-0.3, -0.25) is 0 Å². The Morgan fingerprint density at radius 1 is 1.50 bits per heavy atom. The van der Waals surface area contributed by atoms with E-state index in [1.165, 1.54) is 0 Å². The summed E-state index contributed by atoms with van der Waals surface area (Å²) in [6.45, 7) is 2.01. The lowest BCUT2D eigenvalue weighted by molar-refractivity contribution is -0.0870. The van der Waals surface area contributed by atoms with Crippen LogP contribution < -0.4 is 0 Å². The number of aliphatic hydroxyl groups excluding tert-OH is 1. The van der Waals surface area contributed by atoms with Crippen LogP contribution in [0.4, 0.5) is 0 Å². The molecule has 2 aliphatic heterocycles. The van der Waals surface area contributed by atoms with Crippen LogP contribution in [0.15, 0.2) is 0 Å². The van der Waals surface area contributed by atoms with Crippen molar-refractivity contribution in [3.05, 3.63) is 0 Å². The molecule has 3 nitrogen and oxygen atoms in total. The smallest absolute Gasteiger partial charge is 0.184 e. The number of aliphatic hydroxyl groups is 1. The molecule has 0 aromatic heterocycles. The van der Waals surface area contributed by atoms with Crippen LogP contribution in [0.5, 0.6) is 0 Å². The highest BCUT2D eigenvalue weighted by atomic mass is 16.8. The second kappa shape index (κ2) is 2.19. The van der Waals surface area contributed by atoms with Gasteiger partial charge in [0.1, 0.15) is 6.10 Å². The van der Waals surface area contributed by atoms with Gasteiger partial charge in [-0.2, -0.15) is 0 Å². The second-order valence-corrected chi connectivity index (χ2v) is 2.93. The fraction of sp³-hybridized carbons (Fsp3) is 1.00. The van der Waals surface area contributed by atoms with Crippen molar-refractivity contribution in [2.45, 2.75) is 44.4 Å². The van der Waals surface area contributed by atoms with Crippen LogP contribution in [-0.2, 0) is 9.47 Å². The molecule has 1 N–H and O–H groups in total. The lowest BCUT2D eigenvalue weighted by Gasteiger charge is -2.23. The van der Waals surface area contributed by atoms with Gasteiger partial charge in [0.25, 0.3) is 0 Å². The molecule has 0 bridgehead atoms. The number of rotatable bonds is 1. The molecule has 0 aromatic carbocycles. The maximum Gasteiger partial charge on any atom is 0.184 e. The molecule has 3 heteroatoms. The molecular weight excluding hydrogens is 132 g/mol. The summed E-state index contributed by atoms with van der Waals surface area (Å²) in [6, 6.07) is 0. The molecule has 2 rings (SSSR count). The largest absolute Gasteiger partial charge is 0.390 e. The van der Waals surface area contributed by atoms with Gasteiger partial charge in [-0.25, -0.2) is 0 Å². The lowest BCUT2D eigenvalue weighted by Crippen LogP contribution is -2.35. The summed E-state index contributed by atoms with van der Waals surface area (Å²) in [5.74, 6) is 0. The summed E-state index contributed by atoms with van der Waals surface area (Å²) in [7, 11) is 0. The van der Waals surface area contributed by atoms with E-state index >= 15 is 0 Å². The summed E-state index contributed by atoms with van der Waals surface area (Å²) in [6.07, 6.45) is 1.51. The maximum atomic E-state index is 9.36. The SMILES string of the molecule is CCC1OC2OC2CC1O. The third-order valence-corrected chi connectivity index (χ3v) is 2.15. The Kier molecular flexibility index (Phi) is 1.44. The van der Waals surface area contributed by atoms with Gasteiger partial charge >= 0.3 is 0 Å². The van der Waals surface area contributed by atoms with E-state index in [2.05, 4.69) is 0 Å². The molecule has 0 aliphatic carbocycles. The molecular formula is C7H12O3. The van der Waals surface area contributed by atoms with E-state index in [9.17, 15) is 5.11 Å². The third kappa shape index (κ3) is 0.944. The Hall–Kier alpha value is -0.120. The van der Waals surface area contributed by atoms with Crippen molar-refractivity contribution in [3.63, 3.8) is 0 Å². The van der Waals surface area contributed by atoms with E-state index in [-0.39, 0.29) is 24.6 Å². The second-order valence-electron chi connectivity index (χ2n) is 2.93. The Bertz CT molecular complexity index is 137. The minimum atomic E-state index is -0.311. The Labute approximate surface area is 59.9 Å². The lowest BCUT2D eigenvalue weighted by atomic mass is 10.0. The minimum Gasteiger partial charge on any atom is -0.390 e. The van der Waals surface area contributed by atoms with Crippen LogP contribution in [0.1, 0.15) is 19.8 Å². The molecule has 10 heavy (non-hydrogen) atoms. The van der Waals surface area contributed by atoms with Crippen LogP contribution >= 0.6 is 0 Å². The highest BCUT2D eigenvalue weighted by Crippen LogP contribution is 2.35. The number of ether oxygens (including phenoxy) is 2. The molecule has 2 aliphatic rings. The first-order chi connectivity index (χ1) is 4.81. The first-order valence-electron chi connectivity index (χ1n) is 3.80. The normalized spacial score (nSPS) is 52.2. The van der Waals surface area contributed by atoms with E-state index in [4.69, 9.17) is 9.47 Å². The topological polar surface area (TPSA) is 42.0 Å². The van der Waals surface area contributed by atoms with E-state index in [1.54, 1.807) is 0 Å². The molecule has 0 spiro atoms. The highest BCUT2D eigenvalue weighted by Gasteiger charge is 2.48. The van der Waals surface area contributed by atoms with Crippen molar-refractivity contribution in [2.75, 3.05) is 0 Å². The monoisotopic (exact) mass is 144 g/mol. The van der Waals surface area contributed by atoms with Crippen LogP contribution in [-0.4, -0.2) is 29.7 Å². The van der Waals surface area contributed by atoms with Crippen molar-refractivity contribution >= 4 is 0 Å². The van der Waals surface area contributed by atoms with Gasteiger partial charge in [0.05, 0.1) is 12.2 Å². The predicted octanol–water partition coefficient (Wildman–Crippen LogP) is 0.271. The van der Waals surface area contributed by atoms with E-state index in [1.807, 2.05) is 6.92 Å². The average Bonchev–Trinajstić information content (AvgIpc) is 2.64. The molecule has 2 fully saturated rings. The van der Waals surface area contributed by atoms with E-state index < -0.39 is 0 Å². The number of fused-ring (bicyclic) bond motifs is 1. The Morgan fingerprint density at radius 3 is 3.00 bits per heavy atom. The van der Waals surface area contributed by atoms with Gasteiger partial charge < -0.3 is 14.6 Å². The highest BCUT2D eigenvalue weighted by molar-refractivity contribution is 4.89. The first-order valence-corrected chi connectivity index (χ1v) is 3.80. The number of hydrogen-bond donors (Lipinski definition) is 1. The molecule has 2 heterocycles. The van der Waals surface area contributed by atoms with Gasteiger partial charge in [0.2, 0.25) is 0 Å². The summed E-state index contributed by atoms with van der Waals surface area (Å²) in [5, 5.41) is 9.36. The molecule has 0 amide bonds. The van der Waals surface area contributed by atoms with Crippen LogP contribution in [0, 0.1) is 0 Å². The maximum absolute atomic E-state index is 9.36. The fourth-order valence-corrected chi connectivity index (χ4v) is 1.43. The zero-order chi connectivity index (χ0) is 7.14. The summed E-state index contributed by atoms with van der Waals surface area (Å²) < 4.78 is 10.4. The van der Waals surface area contributed by atoms with E-state index in [0.29, 0.717) is 0 Å². The molecule has 0 aromatic rings. The van der Waals surface area contributed by atoms with Gasteiger partial charge in [0.15, 0.2) is 6.29 Å². The molecule has 4 atom stereocenters. The van der Waals surface area contributed by atoms with Crippen LogP contribution in [0.3, 0.4) is 0 Å². The van der Waals surface area contributed by atoms with E-state index in [0.717, 1.165) is 12.8 Å². The number of epoxide rings is 1. The zero-order valence-corrected chi connectivity index (χ0v) is 5.99. The summed E-state index contributed by atoms with van der Waals surface area (Å²) >= 11 is 0. The number of hydrogen-bond acceptors (Lipinski definition) is 3. The Balaban J connectivity index is 1.94. The standard InChI is InChI=1S/C7H12O3/c1-2-5-4(8)3-6-7(9-5)10-6/h4-8H,2-3H2,1H3. The summed E-state index contributed by atoms with van der Waals surface area (Å²) in [5.41, 5.74) is 0. The van der Waals surface area contributed by atoms with Gasteiger partial charge in [-0.15, -0.1) is 0 Å². The third-order valence-electron chi connectivity index (χ3n) is 2.15. The van der Waals surface area contributed by atoms with Gasteiger partial charge in [-0.05, 0) is 6.42 Å². The first kappa shape index (κ1) is 6.58. The van der Waals surface area contributed by atoms with Crippen molar-refractivity contribution in [1.29, 1.82) is 0 Å². The van der Waals surface area contributed by atoms with Crippen LogP contribution in [0.2, 0.25) is 0 Å². The zero-order valence-electron chi connectivity index (χ0n) is 5.99. The van der Waals surface area contributed by atoms with Gasteiger partial charge in [0, 0.05) is 6.42 Å². The van der Waals surface area contributed by atoms with Gasteiger partial charge in [-0.1, -0.05) is 6.92 Å². The molecule has 58 valence electrons.